The summed E-state index contributed by atoms with van der Waals surface area (Å²) in [6.45, 7) is 3.38. The summed E-state index contributed by atoms with van der Waals surface area (Å²) < 4.78 is 5.71. The van der Waals surface area contributed by atoms with Crippen LogP contribution in [0.1, 0.15) is 29.3 Å². The van der Waals surface area contributed by atoms with Crippen LogP contribution in [0.15, 0.2) is 54.6 Å². The Morgan fingerprint density at radius 1 is 1.08 bits per heavy atom. The zero-order valence-electron chi connectivity index (χ0n) is 13.7. The highest BCUT2D eigenvalue weighted by molar-refractivity contribution is 7.80. The minimum absolute atomic E-state index is 0.223. The molecular weight excluding hydrogens is 320 g/mol. The molecule has 0 fully saturated rings. The van der Waals surface area contributed by atoms with E-state index in [0.29, 0.717) is 17.3 Å². The van der Waals surface area contributed by atoms with Crippen molar-refractivity contribution in [2.45, 2.75) is 19.8 Å². The minimum Gasteiger partial charge on any atom is -0.493 e. The highest BCUT2D eigenvalue weighted by Crippen LogP contribution is 2.13. The number of rotatable bonds is 7. The van der Waals surface area contributed by atoms with Crippen LogP contribution in [0.5, 0.6) is 5.75 Å². The van der Waals surface area contributed by atoms with Gasteiger partial charge < -0.3 is 10.1 Å². The Morgan fingerprint density at radius 2 is 1.79 bits per heavy atom. The quantitative estimate of drug-likeness (QED) is 0.758. The molecule has 0 unspecified atom stereocenters. The van der Waals surface area contributed by atoms with E-state index >= 15 is 0 Å². The van der Waals surface area contributed by atoms with Gasteiger partial charge >= 0.3 is 0 Å². The normalized spacial score (nSPS) is 10.0. The van der Waals surface area contributed by atoms with Crippen molar-refractivity contribution in [3.05, 3.63) is 65.7 Å². The molecule has 2 aromatic rings. The first-order chi connectivity index (χ1) is 11.7. The smallest absolute Gasteiger partial charge is 0.257 e. The van der Waals surface area contributed by atoms with Crippen LogP contribution >= 0.6 is 12.2 Å². The summed E-state index contributed by atoms with van der Waals surface area (Å²) in [5.41, 5.74) is 1.78. The molecule has 0 bridgehead atoms. The molecule has 24 heavy (non-hydrogen) atoms. The second-order valence-corrected chi connectivity index (χ2v) is 5.73. The monoisotopic (exact) mass is 342 g/mol. The summed E-state index contributed by atoms with van der Waals surface area (Å²) in [6, 6.07) is 17.2. The fourth-order valence-electron chi connectivity index (χ4n) is 2.09. The van der Waals surface area contributed by atoms with E-state index in [9.17, 15) is 4.79 Å². The van der Waals surface area contributed by atoms with Crippen LogP contribution in [0, 0.1) is 0 Å². The van der Waals surface area contributed by atoms with Gasteiger partial charge in [-0.25, -0.2) is 0 Å². The van der Waals surface area contributed by atoms with Gasteiger partial charge in [0.1, 0.15) is 5.75 Å². The number of benzene rings is 2. The van der Waals surface area contributed by atoms with Gasteiger partial charge in [0.2, 0.25) is 0 Å². The summed E-state index contributed by atoms with van der Waals surface area (Å²) in [7, 11) is 0. The Hall–Kier alpha value is -2.40. The largest absolute Gasteiger partial charge is 0.493 e. The van der Waals surface area contributed by atoms with Crippen LogP contribution in [0.4, 0.5) is 0 Å². The number of hydrogen-bond donors (Lipinski definition) is 2. The topological polar surface area (TPSA) is 50.4 Å². The average molecular weight is 342 g/mol. The Morgan fingerprint density at radius 3 is 2.46 bits per heavy atom. The van der Waals surface area contributed by atoms with Crippen LogP contribution in [0.25, 0.3) is 0 Å². The Bertz CT molecular complexity index is 657. The van der Waals surface area contributed by atoms with Crippen molar-refractivity contribution in [1.82, 2.24) is 10.6 Å². The number of carbonyl (C=O) groups excluding carboxylic acids is 1. The van der Waals surface area contributed by atoms with Gasteiger partial charge in [0.15, 0.2) is 5.11 Å². The van der Waals surface area contributed by atoms with E-state index in [-0.39, 0.29) is 5.91 Å². The lowest BCUT2D eigenvalue weighted by Gasteiger charge is -2.09. The Labute approximate surface area is 148 Å². The standard InChI is InChI=1S/C19H22N2O2S/c1-2-13-20-19(24)21-18(22)16-8-10-17(11-9-16)23-14-12-15-6-4-3-5-7-15/h3-11H,2,12-14H2,1H3,(H2,20,21,22,24). The molecule has 0 aliphatic carbocycles. The van der Waals surface area contributed by atoms with Crippen molar-refractivity contribution in [1.29, 1.82) is 0 Å². The molecule has 0 saturated carbocycles. The van der Waals surface area contributed by atoms with Gasteiger partial charge in [0.05, 0.1) is 6.61 Å². The molecule has 1 amide bonds. The molecule has 0 heterocycles. The van der Waals surface area contributed by atoms with Gasteiger partial charge in [-0.2, -0.15) is 0 Å². The molecule has 2 aromatic carbocycles. The number of hydrogen-bond acceptors (Lipinski definition) is 3. The third kappa shape index (κ3) is 6.01. The van der Waals surface area contributed by atoms with Crippen molar-refractivity contribution in [2.24, 2.45) is 0 Å². The number of amides is 1. The fraction of sp³-hybridized carbons (Fsp3) is 0.263. The zero-order valence-corrected chi connectivity index (χ0v) is 14.6. The predicted molar refractivity (Wildman–Crippen MR) is 100 cm³/mol. The molecule has 0 aliphatic rings. The molecule has 5 heteroatoms. The van der Waals surface area contributed by atoms with E-state index < -0.39 is 0 Å². The maximum Gasteiger partial charge on any atom is 0.257 e. The van der Waals surface area contributed by atoms with E-state index in [1.54, 1.807) is 24.3 Å². The van der Waals surface area contributed by atoms with Crippen LogP contribution < -0.4 is 15.4 Å². The highest BCUT2D eigenvalue weighted by Gasteiger charge is 2.07. The first-order valence-electron chi connectivity index (χ1n) is 8.05. The molecule has 0 radical (unpaired) electrons. The van der Waals surface area contributed by atoms with E-state index in [4.69, 9.17) is 17.0 Å². The molecular formula is C19H22N2O2S. The average Bonchev–Trinajstić information content (AvgIpc) is 2.61. The first-order valence-corrected chi connectivity index (χ1v) is 8.46. The van der Waals surface area contributed by atoms with E-state index in [1.807, 2.05) is 25.1 Å². The van der Waals surface area contributed by atoms with Gasteiger partial charge in [0.25, 0.3) is 5.91 Å². The summed E-state index contributed by atoms with van der Waals surface area (Å²) in [4.78, 5) is 12.0. The fourth-order valence-corrected chi connectivity index (χ4v) is 2.29. The Kier molecular flexibility index (Phi) is 7.23. The molecule has 2 rings (SSSR count). The van der Waals surface area contributed by atoms with Crippen molar-refractivity contribution in [2.75, 3.05) is 13.2 Å². The number of nitrogens with one attached hydrogen (secondary N) is 2. The van der Waals surface area contributed by atoms with E-state index in [0.717, 1.165) is 25.1 Å². The van der Waals surface area contributed by atoms with Crippen molar-refractivity contribution in [3.63, 3.8) is 0 Å². The molecule has 0 aromatic heterocycles. The molecule has 126 valence electrons. The number of thiocarbonyl (C=S) groups is 1. The second kappa shape index (κ2) is 9.67. The lowest BCUT2D eigenvalue weighted by atomic mass is 10.2. The summed E-state index contributed by atoms with van der Waals surface area (Å²) >= 11 is 5.06. The SMILES string of the molecule is CCCNC(=S)NC(=O)c1ccc(OCCc2ccccc2)cc1. The van der Waals surface area contributed by atoms with Gasteiger partial charge in [-0.15, -0.1) is 0 Å². The summed E-state index contributed by atoms with van der Waals surface area (Å²) in [5.74, 6) is 0.522. The van der Waals surface area contributed by atoms with Gasteiger partial charge in [0, 0.05) is 18.5 Å². The Balaban J connectivity index is 1.79. The maximum absolute atomic E-state index is 12.0. The maximum atomic E-state index is 12.0. The zero-order chi connectivity index (χ0) is 17.2. The predicted octanol–water partition coefficient (Wildman–Crippen LogP) is 3.32. The third-order valence-electron chi connectivity index (χ3n) is 3.38. The van der Waals surface area contributed by atoms with Crippen LogP contribution in [-0.2, 0) is 6.42 Å². The molecule has 2 N–H and O–H groups in total. The minimum atomic E-state index is -0.223. The molecule has 0 spiro atoms. The molecule has 0 atom stereocenters. The molecule has 0 saturated heterocycles. The lowest BCUT2D eigenvalue weighted by Crippen LogP contribution is -2.39. The highest BCUT2D eigenvalue weighted by atomic mass is 32.1. The van der Waals surface area contributed by atoms with Crippen LogP contribution in [-0.4, -0.2) is 24.2 Å². The van der Waals surface area contributed by atoms with E-state index in [2.05, 4.69) is 22.8 Å². The lowest BCUT2D eigenvalue weighted by molar-refractivity contribution is 0.0976. The number of carbonyl (C=O) groups is 1. The van der Waals surface area contributed by atoms with Crippen molar-refractivity contribution >= 4 is 23.2 Å². The van der Waals surface area contributed by atoms with Gasteiger partial charge in [-0.05, 0) is 48.5 Å². The van der Waals surface area contributed by atoms with Crippen molar-refractivity contribution < 1.29 is 9.53 Å². The molecule has 4 nitrogen and oxygen atoms in total. The van der Waals surface area contributed by atoms with E-state index in [1.165, 1.54) is 5.56 Å². The van der Waals surface area contributed by atoms with Crippen molar-refractivity contribution in [3.8, 4) is 5.75 Å². The van der Waals surface area contributed by atoms with Gasteiger partial charge in [-0.1, -0.05) is 37.3 Å². The summed E-state index contributed by atoms with van der Waals surface area (Å²) in [5, 5.41) is 5.97. The van der Waals surface area contributed by atoms with Crippen LogP contribution in [0.2, 0.25) is 0 Å². The first kappa shape index (κ1) is 17.9. The van der Waals surface area contributed by atoms with Gasteiger partial charge in [-0.3, -0.25) is 10.1 Å². The number of ether oxygens (including phenoxy) is 1. The third-order valence-corrected chi connectivity index (χ3v) is 3.63. The second-order valence-electron chi connectivity index (χ2n) is 5.32. The molecule has 0 aliphatic heterocycles. The van der Waals surface area contributed by atoms with Crippen LogP contribution in [0.3, 0.4) is 0 Å². The summed E-state index contributed by atoms with van der Waals surface area (Å²) in [6.07, 6.45) is 1.80.